The third kappa shape index (κ3) is 15.5. The summed E-state index contributed by atoms with van der Waals surface area (Å²) in [5, 5.41) is 0. The van der Waals surface area contributed by atoms with Crippen LogP contribution >= 0.6 is 0 Å². The molecule has 61 heavy (non-hydrogen) atoms. The van der Waals surface area contributed by atoms with Gasteiger partial charge in [-0.25, -0.2) is 44.8 Å². The lowest BCUT2D eigenvalue weighted by molar-refractivity contribution is -0.158. The van der Waals surface area contributed by atoms with Gasteiger partial charge in [0.15, 0.2) is 64.4 Å². The lowest BCUT2D eigenvalue weighted by Crippen LogP contribution is -2.28. The molecule has 4 aromatic carbocycles. The van der Waals surface area contributed by atoms with E-state index in [9.17, 15) is 49.3 Å². The van der Waals surface area contributed by atoms with Gasteiger partial charge in [0.05, 0.1) is 0 Å². The smallest absolute Gasteiger partial charge is 0.344 e. The summed E-state index contributed by atoms with van der Waals surface area (Å²) in [5.41, 5.74) is -2.14. The topological polar surface area (TPSA) is 164 Å². The molecular weight excluding hydrogens is 856 g/mol. The summed E-state index contributed by atoms with van der Waals surface area (Å²) in [6.07, 6.45) is 0. The van der Waals surface area contributed by atoms with Gasteiger partial charge in [-0.3, -0.25) is 0 Å². The highest BCUT2D eigenvalue weighted by atomic mass is 32.2. The Kier molecular flexibility index (Phi) is 16.7. The fraction of sp³-hybridized carbons (Fsp3) is 0.357. The summed E-state index contributed by atoms with van der Waals surface area (Å²) in [4.78, 5) is 38.1. The van der Waals surface area contributed by atoms with Gasteiger partial charge < -0.3 is 33.0 Å². The SMILES string of the molecule is CC(C)(C)OC(=O)COc1cc(OCC(=O)OC(C)(C)C)c([S+](c2ccccc2)c2ccccc2)c(OCC(=O)OC(C)(C)C)c1.O=S(=O)([O-])c1c(F)c(F)c(F)c(F)c1F. The molecule has 0 aliphatic rings. The van der Waals surface area contributed by atoms with Gasteiger partial charge in [0.2, 0.25) is 10.7 Å². The van der Waals surface area contributed by atoms with E-state index in [0.29, 0.717) is 4.90 Å². The van der Waals surface area contributed by atoms with Crippen molar-refractivity contribution < 1.29 is 77.7 Å². The number of hydrogen-bond donors (Lipinski definition) is 0. The van der Waals surface area contributed by atoms with E-state index in [1.807, 2.05) is 60.7 Å². The average molecular weight is 901 g/mol. The van der Waals surface area contributed by atoms with E-state index in [1.165, 1.54) is 0 Å². The second kappa shape index (κ2) is 20.4. The maximum Gasteiger partial charge on any atom is 0.344 e. The maximum atomic E-state index is 12.8. The van der Waals surface area contributed by atoms with Crippen LogP contribution in [0.2, 0.25) is 0 Å². The molecular formula is C42H45F5O12S2. The summed E-state index contributed by atoms with van der Waals surface area (Å²) in [5.74, 6) is -13.8. The molecule has 0 aliphatic heterocycles. The van der Waals surface area contributed by atoms with Gasteiger partial charge in [-0.1, -0.05) is 36.4 Å². The van der Waals surface area contributed by atoms with Crippen molar-refractivity contribution in [3.8, 4) is 17.2 Å². The maximum absolute atomic E-state index is 12.8. The fourth-order valence-corrected chi connectivity index (χ4v) is 7.73. The van der Waals surface area contributed by atoms with Gasteiger partial charge in [-0.2, -0.15) is 0 Å². The zero-order valence-corrected chi connectivity index (χ0v) is 36.3. The van der Waals surface area contributed by atoms with E-state index in [2.05, 4.69) is 0 Å². The molecule has 4 rings (SSSR count). The normalized spacial score (nSPS) is 11.9. The van der Waals surface area contributed by atoms with Crippen molar-refractivity contribution >= 4 is 38.9 Å². The second-order valence-electron chi connectivity index (χ2n) is 15.7. The van der Waals surface area contributed by atoms with Crippen LogP contribution in [0, 0.1) is 29.1 Å². The Balaban J connectivity index is 0.000000555. The predicted octanol–water partition coefficient (Wildman–Crippen LogP) is 8.23. The van der Waals surface area contributed by atoms with E-state index >= 15 is 0 Å². The Morgan fingerprint density at radius 1 is 0.541 bits per heavy atom. The van der Waals surface area contributed by atoms with Crippen LogP contribution in [-0.2, 0) is 49.6 Å². The monoisotopic (exact) mass is 900 g/mol. The van der Waals surface area contributed by atoms with Crippen LogP contribution in [0.4, 0.5) is 22.0 Å². The number of benzene rings is 4. The first-order chi connectivity index (χ1) is 28.1. The largest absolute Gasteiger partial charge is 0.744 e. The highest BCUT2D eigenvalue weighted by Gasteiger charge is 2.38. The second-order valence-corrected chi connectivity index (χ2v) is 18.9. The number of ether oxygens (including phenoxy) is 6. The molecule has 0 spiro atoms. The number of halogens is 5. The number of carbonyl (C=O) groups is 3. The highest BCUT2D eigenvalue weighted by molar-refractivity contribution is 7.97. The molecule has 0 atom stereocenters. The van der Waals surface area contributed by atoms with Crippen LogP contribution in [0.3, 0.4) is 0 Å². The molecule has 0 radical (unpaired) electrons. The lowest BCUT2D eigenvalue weighted by atomic mass is 10.2. The summed E-state index contributed by atoms with van der Waals surface area (Å²) >= 11 is 0. The van der Waals surface area contributed by atoms with Gasteiger partial charge in [-0.05, 0) is 86.6 Å². The molecule has 12 nitrogen and oxygen atoms in total. The molecule has 332 valence electrons. The predicted molar refractivity (Wildman–Crippen MR) is 210 cm³/mol. The minimum absolute atomic E-state index is 0.206. The van der Waals surface area contributed by atoms with Gasteiger partial charge >= 0.3 is 17.9 Å². The number of hydrogen-bond acceptors (Lipinski definition) is 12. The van der Waals surface area contributed by atoms with E-state index in [0.717, 1.165) is 9.79 Å². The fourth-order valence-electron chi connectivity index (χ4n) is 4.87. The van der Waals surface area contributed by atoms with Crippen molar-refractivity contribution in [3.05, 3.63) is 102 Å². The summed E-state index contributed by atoms with van der Waals surface area (Å²) in [7, 11) is -6.61. The van der Waals surface area contributed by atoms with Crippen molar-refractivity contribution in [1.82, 2.24) is 0 Å². The Bertz CT molecular complexity index is 2170. The van der Waals surface area contributed by atoms with Gasteiger partial charge in [0, 0.05) is 12.1 Å². The van der Waals surface area contributed by atoms with Crippen molar-refractivity contribution in [2.24, 2.45) is 0 Å². The van der Waals surface area contributed by atoms with Gasteiger partial charge in [-0.15, -0.1) is 0 Å². The molecule has 0 saturated carbocycles. The van der Waals surface area contributed by atoms with E-state index in [4.69, 9.17) is 28.4 Å². The Morgan fingerprint density at radius 2 is 0.852 bits per heavy atom. The molecule has 0 unspecified atom stereocenters. The quantitative estimate of drug-likeness (QED) is 0.0241. The summed E-state index contributed by atoms with van der Waals surface area (Å²) in [6.45, 7) is 14.7. The molecule has 0 N–H and O–H groups in total. The van der Waals surface area contributed by atoms with E-state index < -0.39 is 110 Å². The van der Waals surface area contributed by atoms with Gasteiger partial charge in [0.1, 0.15) is 48.5 Å². The van der Waals surface area contributed by atoms with Crippen LogP contribution in [0.1, 0.15) is 62.3 Å². The van der Waals surface area contributed by atoms with Crippen LogP contribution in [-0.4, -0.2) is 67.5 Å². The number of carbonyl (C=O) groups excluding carboxylic acids is 3. The first-order valence-electron chi connectivity index (χ1n) is 18.1. The molecule has 0 saturated heterocycles. The first kappa shape index (κ1) is 50.0. The number of rotatable bonds is 13. The summed E-state index contributed by atoms with van der Waals surface area (Å²) < 4.78 is 127. The molecule has 0 heterocycles. The molecule has 0 bridgehead atoms. The Morgan fingerprint density at radius 3 is 1.16 bits per heavy atom. The van der Waals surface area contributed by atoms with Crippen LogP contribution < -0.4 is 14.2 Å². The average Bonchev–Trinajstić information content (AvgIpc) is 3.13. The molecule has 0 fully saturated rings. The molecule has 19 heteroatoms. The zero-order valence-electron chi connectivity index (χ0n) is 34.7. The van der Waals surface area contributed by atoms with E-state index in [1.54, 1.807) is 74.4 Å². The van der Waals surface area contributed by atoms with E-state index in [-0.39, 0.29) is 17.2 Å². The van der Waals surface area contributed by atoms with Gasteiger partial charge in [0.25, 0.3) is 0 Å². The van der Waals surface area contributed by atoms with Crippen LogP contribution in [0.25, 0.3) is 0 Å². The minimum atomic E-state index is -5.77. The van der Waals surface area contributed by atoms with Crippen molar-refractivity contribution in [2.75, 3.05) is 19.8 Å². The third-order valence-corrected chi connectivity index (χ3v) is 10.0. The lowest BCUT2D eigenvalue weighted by Gasteiger charge is -2.22. The number of esters is 3. The molecule has 0 aliphatic carbocycles. The third-order valence-electron chi connectivity index (χ3n) is 6.88. The van der Waals surface area contributed by atoms with Crippen LogP contribution in [0.15, 0.2) is 92.4 Å². The molecule has 0 aromatic heterocycles. The Hall–Kier alpha value is -5.40. The molecule has 4 aromatic rings. The molecule has 0 amide bonds. The standard InChI is InChI=1S/C36H45O9S.C6HF5O3S/c1-34(2,3)43-30(37)22-40-25-20-28(41-23-31(38)44-35(4,5)6)33(29(21-25)42-24-32(39)45-36(7,8)9)46(26-16-12-10-13-17-26)27-18-14-11-15-19-27;7-1-2(8)4(10)6(15(12,13)14)5(11)3(1)9/h10-21H,22-24H2,1-9H3;(H,12,13,14)/q+1;/p-1. The highest BCUT2D eigenvalue weighted by Crippen LogP contribution is 2.45. The summed E-state index contributed by atoms with van der Waals surface area (Å²) in [6, 6.07) is 22.7. The minimum Gasteiger partial charge on any atom is -0.744 e. The van der Waals surface area contributed by atoms with Crippen molar-refractivity contribution in [2.45, 2.75) is 98.7 Å². The van der Waals surface area contributed by atoms with Crippen LogP contribution in [0.5, 0.6) is 17.2 Å². The first-order valence-corrected chi connectivity index (χ1v) is 20.7. The Labute approximate surface area is 353 Å². The zero-order chi connectivity index (χ0) is 46.1. The van der Waals surface area contributed by atoms with Crippen molar-refractivity contribution in [3.63, 3.8) is 0 Å². The van der Waals surface area contributed by atoms with Crippen molar-refractivity contribution in [1.29, 1.82) is 0 Å².